The molecule has 4 rings (SSSR count). The molecular formula is C19H18N6O3. The predicted octanol–water partition coefficient (Wildman–Crippen LogP) is 2.76. The second kappa shape index (κ2) is 7.47. The Bertz CT molecular complexity index is 1090. The highest BCUT2D eigenvalue weighted by Crippen LogP contribution is 2.31. The lowest BCUT2D eigenvalue weighted by molar-refractivity contribution is 0.354. The van der Waals surface area contributed by atoms with Gasteiger partial charge in [-0.25, -0.2) is 0 Å². The number of aromatic nitrogens is 6. The van der Waals surface area contributed by atoms with Gasteiger partial charge in [-0.3, -0.25) is 0 Å². The van der Waals surface area contributed by atoms with Crippen molar-refractivity contribution in [3.8, 4) is 34.3 Å². The lowest BCUT2D eigenvalue weighted by Crippen LogP contribution is -2.04. The van der Waals surface area contributed by atoms with Crippen LogP contribution < -0.4 is 9.47 Å². The van der Waals surface area contributed by atoms with Crippen LogP contribution in [0.15, 0.2) is 47.0 Å². The number of aryl methyl sites for hydroxylation is 1. The van der Waals surface area contributed by atoms with Crippen molar-refractivity contribution in [1.29, 1.82) is 0 Å². The van der Waals surface area contributed by atoms with Gasteiger partial charge in [-0.15, -0.1) is 10.2 Å². The molecule has 9 nitrogen and oxygen atoms in total. The Morgan fingerprint density at radius 2 is 1.68 bits per heavy atom. The van der Waals surface area contributed by atoms with Crippen LogP contribution in [0.3, 0.4) is 0 Å². The van der Waals surface area contributed by atoms with Crippen molar-refractivity contribution in [3.05, 3.63) is 53.9 Å². The van der Waals surface area contributed by atoms with Crippen LogP contribution in [0, 0.1) is 6.92 Å². The Morgan fingerprint density at radius 1 is 0.929 bits per heavy atom. The molecule has 9 heteroatoms. The maximum Gasteiger partial charge on any atom is 0.250 e. The lowest BCUT2D eigenvalue weighted by atomic mass is 10.1. The van der Waals surface area contributed by atoms with E-state index in [2.05, 4.69) is 25.6 Å². The van der Waals surface area contributed by atoms with Crippen LogP contribution in [0.1, 0.15) is 11.5 Å². The summed E-state index contributed by atoms with van der Waals surface area (Å²) in [6.45, 7) is 2.25. The minimum atomic E-state index is 0.221. The summed E-state index contributed by atoms with van der Waals surface area (Å²) >= 11 is 0. The van der Waals surface area contributed by atoms with Gasteiger partial charge in [0.2, 0.25) is 11.6 Å². The molecule has 2 heterocycles. The first-order valence-electron chi connectivity index (χ1n) is 8.56. The van der Waals surface area contributed by atoms with E-state index in [1.165, 1.54) is 10.4 Å². The molecule has 28 heavy (non-hydrogen) atoms. The molecular weight excluding hydrogens is 360 g/mol. The van der Waals surface area contributed by atoms with Crippen molar-refractivity contribution in [2.75, 3.05) is 14.2 Å². The molecule has 0 amide bonds. The Labute approximate surface area is 160 Å². The third-order valence-corrected chi connectivity index (χ3v) is 4.15. The molecule has 0 atom stereocenters. The number of hydrogen-bond donors (Lipinski definition) is 0. The summed E-state index contributed by atoms with van der Waals surface area (Å²) in [6.07, 6.45) is 0. The quantitative estimate of drug-likeness (QED) is 0.505. The van der Waals surface area contributed by atoms with Crippen LogP contribution in [0.25, 0.3) is 22.8 Å². The highest BCUT2D eigenvalue weighted by atomic mass is 16.5. The van der Waals surface area contributed by atoms with Gasteiger partial charge < -0.3 is 14.0 Å². The summed E-state index contributed by atoms with van der Waals surface area (Å²) in [4.78, 5) is 5.82. The van der Waals surface area contributed by atoms with Gasteiger partial charge in [0.05, 0.1) is 14.2 Å². The van der Waals surface area contributed by atoms with Crippen LogP contribution in [0.2, 0.25) is 0 Å². The van der Waals surface area contributed by atoms with Gasteiger partial charge in [0.1, 0.15) is 6.54 Å². The zero-order valence-electron chi connectivity index (χ0n) is 15.7. The Kier molecular flexibility index (Phi) is 4.71. The minimum absolute atomic E-state index is 0.221. The summed E-state index contributed by atoms with van der Waals surface area (Å²) < 4.78 is 15.9. The second-order valence-electron chi connectivity index (χ2n) is 6.09. The van der Waals surface area contributed by atoms with Crippen LogP contribution in [0.4, 0.5) is 0 Å². The third-order valence-electron chi connectivity index (χ3n) is 4.15. The number of hydrogen-bond acceptors (Lipinski definition) is 8. The molecule has 2 aromatic carbocycles. The van der Waals surface area contributed by atoms with Gasteiger partial charge in [-0.2, -0.15) is 9.78 Å². The van der Waals surface area contributed by atoms with E-state index >= 15 is 0 Å². The number of nitrogens with zero attached hydrogens (tertiary/aromatic N) is 6. The van der Waals surface area contributed by atoms with Crippen molar-refractivity contribution >= 4 is 0 Å². The van der Waals surface area contributed by atoms with Crippen molar-refractivity contribution in [2.45, 2.75) is 13.5 Å². The molecule has 0 saturated carbocycles. The molecule has 0 bridgehead atoms. The predicted molar refractivity (Wildman–Crippen MR) is 99.9 cm³/mol. The second-order valence-corrected chi connectivity index (χ2v) is 6.09. The smallest absolute Gasteiger partial charge is 0.250 e. The largest absolute Gasteiger partial charge is 0.493 e. The summed E-state index contributed by atoms with van der Waals surface area (Å²) in [5.74, 6) is 2.57. The molecule has 2 aromatic heterocycles. The SMILES string of the molecule is COc1ccc(-c2noc(Cn3nnc(-c4ccc(C)cc4)n3)n2)cc1OC. The monoisotopic (exact) mass is 378 g/mol. The summed E-state index contributed by atoms with van der Waals surface area (Å²) in [7, 11) is 3.16. The van der Waals surface area contributed by atoms with Gasteiger partial charge in [-0.05, 0) is 30.3 Å². The van der Waals surface area contributed by atoms with E-state index in [4.69, 9.17) is 14.0 Å². The van der Waals surface area contributed by atoms with Crippen molar-refractivity contribution in [3.63, 3.8) is 0 Å². The Morgan fingerprint density at radius 3 is 2.43 bits per heavy atom. The number of ether oxygens (including phenoxy) is 2. The van der Waals surface area contributed by atoms with Gasteiger partial charge in [0.25, 0.3) is 5.89 Å². The van der Waals surface area contributed by atoms with Gasteiger partial charge in [-0.1, -0.05) is 35.0 Å². The van der Waals surface area contributed by atoms with E-state index in [0.29, 0.717) is 29.0 Å². The lowest BCUT2D eigenvalue weighted by Gasteiger charge is -2.07. The Balaban J connectivity index is 1.52. The van der Waals surface area contributed by atoms with E-state index in [9.17, 15) is 0 Å². The molecule has 0 radical (unpaired) electrons. The normalized spacial score (nSPS) is 10.8. The van der Waals surface area contributed by atoms with Crippen LogP contribution in [-0.2, 0) is 6.54 Å². The molecule has 0 aliphatic rings. The molecule has 0 unspecified atom stereocenters. The van der Waals surface area contributed by atoms with Gasteiger partial charge >= 0.3 is 0 Å². The Hall–Kier alpha value is -3.75. The number of benzene rings is 2. The van der Waals surface area contributed by atoms with E-state index < -0.39 is 0 Å². The van der Waals surface area contributed by atoms with Crippen molar-refractivity contribution in [2.24, 2.45) is 0 Å². The number of tetrazole rings is 1. The fourth-order valence-corrected chi connectivity index (χ4v) is 2.66. The zero-order valence-corrected chi connectivity index (χ0v) is 15.7. The highest BCUT2D eigenvalue weighted by Gasteiger charge is 2.14. The first-order chi connectivity index (χ1) is 13.7. The molecule has 4 aromatic rings. The summed E-state index contributed by atoms with van der Waals surface area (Å²) in [5.41, 5.74) is 2.82. The first kappa shape index (κ1) is 17.7. The topological polar surface area (TPSA) is 101 Å². The van der Waals surface area contributed by atoms with E-state index in [1.54, 1.807) is 26.4 Å². The average Bonchev–Trinajstić information content (AvgIpc) is 3.38. The van der Waals surface area contributed by atoms with Gasteiger partial charge in [0, 0.05) is 11.1 Å². The molecule has 0 saturated heterocycles. The van der Waals surface area contributed by atoms with Gasteiger partial charge in [0.15, 0.2) is 11.5 Å². The summed E-state index contributed by atoms with van der Waals surface area (Å²) in [6, 6.07) is 13.3. The maximum atomic E-state index is 5.32. The molecule has 142 valence electrons. The van der Waals surface area contributed by atoms with E-state index in [-0.39, 0.29) is 6.54 Å². The van der Waals surface area contributed by atoms with Crippen LogP contribution >= 0.6 is 0 Å². The molecule has 0 aliphatic carbocycles. The summed E-state index contributed by atoms with van der Waals surface area (Å²) in [5, 5.41) is 16.5. The van der Waals surface area contributed by atoms with Crippen LogP contribution in [0.5, 0.6) is 11.5 Å². The first-order valence-corrected chi connectivity index (χ1v) is 8.56. The molecule has 0 aliphatic heterocycles. The molecule has 0 fully saturated rings. The molecule has 0 spiro atoms. The third kappa shape index (κ3) is 3.54. The molecule has 0 N–H and O–H groups in total. The maximum absolute atomic E-state index is 5.32. The standard InChI is InChI=1S/C19H18N6O3/c1-12-4-6-13(7-5-12)19-21-24-25(22-19)11-17-20-18(23-28-17)14-8-9-15(26-2)16(10-14)27-3/h4-10H,11H2,1-3H3. The number of rotatable bonds is 6. The fraction of sp³-hybridized carbons (Fsp3) is 0.211. The highest BCUT2D eigenvalue weighted by molar-refractivity contribution is 5.60. The van der Waals surface area contributed by atoms with E-state index in [1.807, 2.05) is 37.3 Å². The van der Waals surface area contributed by atoms with Crippen molar-refractivity contribution in [1.82, 2.24) is 30.3 Å². The average molecular weight is 378 g/mol. The zero-order chi connectivity index (χ0) is 19.5. The fourth-order valence-electron chi connectivity index (χ4n) is 2.66. The van der Waals surface area contributed by atoms with Crippen LogP contribution in [-0.4, -0.2) is 44.6 Å². The van der Waals surface area contributed by atoms with Crippen molar-refractivity contribution < 1.29 is 14.0 Å². The van der Waals surface area contributed by atoms with E-state index in [0.717, 1.165) is 11.1 Å². The minimum Gasteiger partial charge on any atom is -0.493 e. The number of methoxy groups -OCH3 is 2.